The highest BCUT2D eigenvalue weighted by Crippen LogP contribution is 2.40. The minimum Gasteiger partial charge on any atom is -0.481 e. The van der Waals surface area contributed by atoms with Gasteiger partial charge in [-0.25, -0.2) is 13.5 Å². The maximum atomic E-state index is 12.5. The topological polar surface area (TPSA) is 101 Å². The lowest BCUT2D eigenvalue weighted by Gasteiger charge is -2.29. The zero-order valence-electron chi connectivity index (χ0n) is 19.6. The van der Waals surface area contributed by atoms with Crippen LogP contribution in [-0.2, 0) is 21.4 Å². The number of hydrogen-bond acceptors (Lipinski definition) is 6. The van der Waals surface area contributed by atoms with Crippen LogP contribution in [0.3, 0.4) is 0 Å². The summed E-state index contributed by atoms with van der Waals surface area (Å²) in [4.78, 5) is 16.7. The van der Waals surface area contributed by atoms with Crippen molar-refractivity contribution in [1.82, 2.24) is 9.29 Å². The summed E-state index contributed by atoms with van der Waals surface area (Å²) in [6.45, 7) is 4.67. The number of piperidine rings is 1. The third-order valence-corrected chi connectivity index (χ3v) is 7.25. The normalized spacial score (nSPS) is 16.2. The number of aromatic nitrogens is 1. The SMILES string of the molecule is COc1ncc(Oc2c(Cl)cc(NC(=O)CC3CCN(S(C)=O)CC3)cc2Cl)cc1C(C)(C)O. The molecule has 11 heteroatoms. The Morgan fingerprint density at radius 2 is 1.88 bits per heavy atom. The molecule has 1 saturated heterocycles. The van der Waals surface area contributed by atoms with Crippen LogP contribution in [0.25, 0.3) is 0 Å². The molecule has 0 bridgehead atoms. The summed E-state index contributed by atoms with van der Waals surface area (Å²) in [7, 11) is 0.495. The molecular weight excluding hydrogens is 501 g/mol. The molecular formula is C23H29Cl2N3O5S. The zero-order chi connectivity index (χ0) is 25.0. The van der Waals surface area contributed by atoms with Gasteiger partial charge in [-0.2, -0.15) is 0 Å². The minimum atomic E-state index is -1.20. The number of anilines is 1. The van der Waals surface area contributed by atoms with Crippen molar-refractivity contribution in [2.45, 2.75) is 38.7 Å². The van der Waals surface area contributed by atoms with E-state index in [-0.39, 0.29) is 33.5 Å². The van der Waals surface area contributed by atoms with Gasteiger partial charge in [0, 0.05) is 37.0 Å². The van der Waals surface area contributed by atoms with Crippen LogP contribution in [0.2, 0.25) is 10.0 Å². The molecule has 2 heterocycles. The van der Waals surface area contributed by atoms with E-state index in [2.05, 4.69) is 10.3 Å². The Kier molecular flexibility index (Phi) is 8.81. The lowest BCUT2D eigenvalue weighted by atomic mass is 9.94. The van der Waals surface area contributed by atoms with Crippen molar-refractivity contribution >= 4 is 45.8 Å². The van der Waals surface area contributed by atoms with E-state index in [9.17, 15) is 14.1 Å². The first kappa shape index (κ1) is 26.7. The number of carbonyl (C=O) groups is 1. The summed E-state index contributed by atoms with van der Waals surface area (Å²) in [5.41, 5.74) is -0.298. The van der Waals surface area contributed by atoms with Crippen molar-refractivity contribution in [1.29, 1.82) is 0 Å². The van der Waals surface area contributed by atoms with Gasteiger partial charge in [0.15, 0.2) is 5.75 Å². The molecule has 0 aliphatic carbocycles. The molecule has 3 rings (SSSR count). The van der Waals surface area contributed by atoms with Crippen molar-refractivity contribution in [2.75, 3.05) is 31.8 Å². The van der Waals surface area contributed by atoms with Gasteiger partial charge in [0.1, 0.15) is 5.75 Å². The number of aliphatic hydroxyl groups is 1. The van der Waals surface area contributed by atoms with E-state index in [1.165, 1.54) is 13.3 Å². The van der Waals surface area contributed by atoms with Crippen LogP contribution in [0.5, 0.6) is 17.4 Å². The van der Waals surface area contributed by atoms with E-state index < -0.39 is 16.6 Å². The van der Waals surface area contributed by atoms with Crippen LogP contribution in [0.15, 0.2) is 24.4 Å². The fourth-order valence-corrected chi connectivity index (χ4v) is 5.07. The molecule has 1 fully saturated rings. The van der Waals surface area contributed by atoms with Crippen LogP contribution in [-0.4, -0.2) is 51.0 Å². The van der Waals surface area contributed by atoms with E-state index in [1.54, 1.807) is 38.3 Å². The first-order chi connectivity index (χ1) is 16.0. The van der Waals surface area contributed by atoms with E-state index in [0.29, 0.717) is 23.4 Å². The molecule has 1 unspecified atom stereocenters. The number of hydrogen-bond donors (Lipinski definition) is 2. The molecule has 1 aliphatic rings. The molecule has 34 heavy (non-hydrogen) atoms. The summed E-state index contributed by atoms with van der Waals surface area (Å²) < 4.78 is 24.5. The number of methoxy groups -OCH3 is 1. The Morgan fingerprint density at radius 3 is 2.41 bits per heavy atom. The number of nitrogens with one attached hydrogen (secondary N) is 1. The Bertz CT molecular complexity index is 1050. The molecule has 0 radical (unpaired) electrons. The summed E-state index contributed by atoms with van der Waals surface area (Å²) >= 11 is 12.8. The van der Waals surface area contributed by atoms with Gasteiger partial charge in [-0.15, -0.1) is 0 Å². The van der Waals surface area contributed by atoms with Gasteiger partial charge in [0.2, 0.25) is 11.8 Å². The second kappa shape index (κ2) is 11.2. The average molecular weight is 530 g/mol. The van der Waals surface area contributed by atoms with Gasteiger partial charge in [-0.3, -0.25) is 4.79 Å². The molecule has 8 nitrogen and oxygen atoms in total. The summed E-state index contributed by atoms with van der Waals surface area (Å²) in [6.07, 6.45) is 5.13. The maximum absolute atomic E-state index is 12.5. The highest BCUT2D eigenvalue weighted by molar-refractivity contribution is 7.81. The van der Waals surface area contributed by atoms with Gasteiger partial charge in [-0.1, -0.05) is 23.2 Å². The Morgan fingerprint density at radius 1 is 1.26 bits per heavy atom. The third-order valence-electron chi connectivity index (χ3n) is 5.59. The zero-order valence-corrected chi connectivity index (χ0v) is 21.9. The molecule has 2 aromatic rings. The largest absolute Gasteiger partial charge is 0.481 e. The highest BCUT2D eigenvalue weighted by Gasteiger charge is 2.25. The second-order valence-electron chi connectivity index (χ2n) is 8.71. The molecule has 186 valence electrons. The van der Waals surface area contributed by atoms with Crippen LogP contribution in [0.4, 0.5) is 5.69 Å². The van der Waals surface area contributed by atoms with Crippen molar-refractivity contribution < 1.29 is 23.6 Å². The van der Waals surface area contributed by atoms with Crippen LogP contribution < -0.4 is 14.8 Å². The monoisotopic (exact) mass is 529 g/mol. The second-order valence-corrected chi connectivity index (χ2v) is 10.9. The first-order valence-electron chi connectivity index (χ1n) is 10.8. The predicted molar refractivity (Wildman–Crippen MR) is 134 cm³/mol. The fraction of sp³-hybridized carbons (Fsp3) is 0.478. The molecule has 1 atom stereocenters. The minimum absolute atomic E-state index is 0.133. The predicted octanol–water partition coefficient (Wildman–Crippen LogP) is 4.75. The molecule has 1 aromatic carbocycles. The van der Waals surface area contributed by atoms with E-state index >= 15 is 0 Å². The van der Waals surface area contributed by atoms with Gasteiger partial charge in [0.25, 0.3) is 0 Å². The highest BCUT2D eigenvalue weighted by atomic mass is 35.5. The van der Waals surface area contributed by atoms with E-state index in [0.717, 1.165) is 25.9 Å². The summed E-state index contributed by atoms with van der Waals surface area (Å²) in [6, 6.07) is 4.74. The molecule has 2 N–H and O–H groups in total. The number of halogens is 2. The van der Waals surface area contributed by atoms with Gasteiger partial charge in [0.05, 0.1) is 39.9 Å². The number of nitrogens with zero attached hydrogens (tertiary/aromatic N) is 2. The standard InChI is InChI=1S/C23H29Cl2N3O5S/c1-23(2,30)17-12-16(13-26-22(17)32-3)33-21-18(24)10-15(11-19(21)25)27-20(29)9-14-5-7-28(8-6-14)34(4)31/h10-14,30H,5-9H2,1-4H3,(H,27,29). The van der Waals surface area contributed by atoms with Crippen LogP contribution in [0, 0.1) is 5.92 Å². The number of carbonyl (C=O) groups excluding carboxylic acids is 1. The van der Waals surface area contributed by atoms with Gasteiger partial charge >= 0.3 is 0 Å². The third kappa shape index (κ3) is 6.82. The van der Waals surface area contributed by atoms with Crippen molar-refractivity contribution in [3.05, 3.63) is 40.0 Å². The Balaban J connectivity index is 1.67. The number of ether oxygens (including phenoxy) is 2. The molecule has 0 saturated carbocycles. The average Bonchev–Trinajstić information content (AvgIpc) is 2.76. The quantitative estimate of drug-likeness (QED) is 0.511. The molecule has 1 amide bonds. The summed E-state index contributed by atoms with van der Waals surface area (Å²) in [5.74, 6) is 0.906. The Hall–Kier alpha value is -1.91. The van der Waals surface area contributed by atoms with Crippen LogP contribution in [0.1, 0.15) is 38.7 Å². The molecule has 1 aliphatic heterocycles. The van der Waals surface area contributed by atoms with Gasteiger partial charge in [-0.05, 0) is 50.8 Å². The molecule has 0 spiro atoms. The lowest BCUT2D eigenvalue weighted by molar-refractivity contribution is -0.117. The lowest BCUT2D eigenvalue weighted by Crippen LogP contribution is -2.35. The number of amides is 1. The van der Waals surface area contributed by atoms with Crippen molar-refractivity contribution in [3.8, 4) is 17.4 Å². The van der Waals surface area contributed by atoms with Crippen molar-refractivity contribution in [3.63, 3.8) is 0 Å². The molecule has 1 aromatic heterocycles. The number of benzene rings is 1. The first-order valence-corrected chi connectivity index (χ1v) is 13.1. The number of pyridine rings is 1. The van der Waals surface area contributed by atoms with Gasteiger partial charge < -0.3 is 19.9 Å². The smallest absolute Gasteiger partial charge is 0.224 e. The van der Waals surface area contributed by atoms with Crippen molar-refractivity contribution in [2.24, 2.45) is 5.92 Å². The maximum Gasteiger partial charge on any atom is 0.224 e. The summed E-state index contributed by atoms with van der Waals surface area (Å²) in [5, 5.41) is 13.7. The van der Waals surface area contributed by atoms with E-state index in [1.807, 2.05) is 4.31 Å². The van der Waals surface area contributed by atoms with Crippen LogP contribution >= 0.6 is 23.2 Å². The Labute approximate surface area is 212 Å². The van der Waals surface area contributed by atoms with E-state index in [4.69, 9.17) is 32.7 Å². The number of rotatable bonds is 8. The fourth-order valence-electron chi connectivity index (χ4n) is 3.78.